The van der Waals surface area contributed by atoms with E-state index in [4.69, 9.17) is 4.74 Å². The summed E-state index contributed by atoms with van der Waals surface area (Å²) < 4.78 is 5.94. The number of benzene rings is 1. The highest BCUT2D eigenvalue weighted by Crippen LogP contribution is 2.45. The van der Waals surface area contributed by atoms with Gasteiger partial charge in [-0.15, -0.1) is 0 Å². The van der Waals surface area contributed by atoms with Crippen LogP contribution in [0.15, 0.2) is 36.7 Å². The van der Waals surface area contributed by atoms with Gasteiger partial charge in [0.2, 0.25) is 12.3 Å². The lowest BCUT2D eigenvalue weighted by Gasteiger charge is -2.29. The zero-order valence-corrected chi connectivity index (χ0v) is 21.5. The number of piperidine rings is 1. The predicted octanol–water partition coefficient (Wildman–Crippen LogP) is 4.39. The average Bonchev–Trinajstić information content (AvgIpc) is 3.05. The Morgan fingerprint density at radius 2 is 1.97 bits per heavy atom. The molecule has 1 aromatic carbocycles. The quantitative estimate of drug-likeness (QED) is 0.372. The first-order valence-electron chi connectivity index (χ1n) is 13.0. The van der Waals surface area contributed by atoms with Gasteiger partial charge in [-0.25, -0.2) is 4.98 Å². The van der Waals surface area contributed by atoms with Gasteiger partial charge in [0.05, 0.1) is 35.4 Å². The van der Waals surface area contributed by atoms with Crippen LogP contribution in [0.3, 0.4) is 0 Å². The highest BCUT2D eigenvalue weighted by molar-refractivity contribution is 6.11. The molecule has 1 atom stereocenters. The Labute approximate surface area is 213 Å². The molecule has 8 nitrogen and oxygen atoms in total. The number of nitrogens with zero attached hydrogens (tertiary/aromatic N) is 5. The van der Waals surface area contributed by atoms with Gasteiger partial charge in [0.25, 0.3) is 0 Å². The van der Waals surface area contributed by atoms with Crippen molar-refractivity contribution in [3.05, 3.63) is 36.7 Å². The topological polar surface area (TPSA) is 73.8 Å². The predicted molar refractivity (Wildman–Crippen MR) is 146 cm³/mol. The minimum Gasteiger partial charge on any atom is -0.478 e. The van der Waals surface area contributed by atoms with Crippen molar-refractivity contribution in [3.63, 3.8) is 0 Å². The lowest BCUT2D eigenvalue weighted by molar-refractivity contribution is -0.107. The Kier molecular flexibility index (Phi) is 7.23. The monoisotopic (exact) mass is 488 g/mol. The fourth-order valence-electron chi connectivity index (χ4n) is 5.23. The number of amides is 1. The van der Waals surface area contributed by atoms with Gasteiger partial charge in [-0.1, -0.05) is 12.5 Å². The van der Waals surface area contributed by atoms with E-state index in [1.165, 1.54) is 32.4 Å². The number of hydrogen-bond donors (Lipinski definition) is 1. The smallest absolute Gasteiger partial charge is 0.213 e. The Bertz CT molecular complexity index is 1210. The van der Waals surface area contributed by atoms with Crippen molar-refractivity contribution in [2.24, 2.45) is 0 Å². The first-order valence-corrected chi connectivity index (χ1v) is 13.0. The lowest BCUT2D eigenvalue weighted by Crippen LogP contribution is -2.34. The highest BCUT2D eigenvalue weighted by atomic mass is 16.5. The second-order valence-electron chi connectivity index (χ2n) is 9.92. The van der Waals surface area contributed by atoms with Crippen molar-refractivity contribution in [1.82, 2.24) is 14.9 Å². The molecule has 1 fully saturated rings. The van der Waals surface area contributed by atoms with Crippen LogP contribution in [0, 0.1) is 0 Å². The molecule has 4 heterocycles. The molecule has 3 aromatic rings. The van der Waals surface area contributed by atoms with E-state index in [-0.39, 0.29) is 6.04 Å². The van der Waals surface area contributed by atoms with E-state index in [0.29, 0.717) is 12.5 Å². The molecule has 1 unspecified atom stereocenters. The maximum atomic E-state index is 11.6. The van der Waals surface area contributed by atoms with Crippen molar-refractivity contribution >= 4 is 34.4 Å². The number of hydrogen-bond acceptors (Lipinski definition) is 7. The SMILES string of the molecule is CC1CNc2c(-c3ccc(OCCCN4CCCCC4)nc3)ccc3ncc(N(C)C=O)c(c23)N1C. The number of carbonyl (C=O) groups excluding carboxylic acids is 1. The molecule has 0 bridgehead atoms. The van der Waals surface area contributed by atoms with Crippen LogP contribution in [0.4, 0.5) is 17.1 Å². The summed E-state index contributed by atoms with van der Waals surface area (Å²) in [6, 6.07) is 8.39. The third-order valence-corrected chi connectivity index (χ3v) is 7.48. The van der Waals surface area contributed by atoms with E-state index in [1.807, 2.05) is 18.3 Å². The van der Waals surface area contributed by atoms with Gasteiger partial charge in [0.1, 0.15) is 0 Å². The Morgan fingerprint density at radius 1 is 1.14 bits per heavy atom. The fourth-order valence-corrected chi connectivity index (χ4v) is 5.23. The number of pyridine rings is 2. The third-order valence-electron chi connectivity index (χ3n) is 7.48. The molecule has 2 aliphatic heterocycles. The summed E-state index contributed by atoms with van der Waals surface area (Å²) in [7, 11) is 3.84. The first kappa shape index (κ1) is 24.3. The molecule has 2 aliphatic rings. The van der Waals surface area contributed by atoms with Gasteiger partial charge < -0.3 is 24.8 Å². The van der Waals surface area contributed by atoms with Crippen LogP contribution in [0.2, 0.25) is 0 Å². The van der Waals surface area contributed by atoms with Crippen LogP contribution in [0.1, 0.15) is 32.6 Å². The molecule has 1 N–H and O–H groups in total. The van der Waals surface area contributed by atoms with E-state index in [9.17, 15) is 4.79 Å². The van der Waals surface area contributed by atoms with Crippen molar-refractivity contribution < 1.29 is 9.53 Å². The molecule has 0 aliphatic carbocycles. The van der Waals surface area contributed by atoms with Gasteiger partial charge in [0, 0.05) is 62.0 Å². The molecule has 5 rings (SSSR count). The van der Waals surface area contributed by atoms with Crippen molar-refractivity contribution in [1.29, 1.82) is 0 Å². The number of nitrogens with one attached hydrogen (secondary N) is 1. The molecule has 8 heteroatoms. The van der Waals surface area contributed by atoms with Crippen LogP contribution in [-0.4, -0.2) is 74.2 Å². The van der Waals surface area contributed by atoms with E-state index in [0.717, 1.165) is 65.0 Å². The number of likely N-dealkylation sites (tertiary alicyclic amines) is 1. The number of likely N-dealkylation sites (N-methyl/N-ethyl adjacent to an activating group) is 1. The molecule has 0 radical (unpaired) electrons. The van der Waals surface area contributed by atoms with E-state index < -0.39 is 0 Å². The molecule has 1 saturated heterocycles. The van der Waals surface area contributed by atoms with Crippen molar-refractivity contribution in [2.45, 2.75) is 38.6 Å². The van der Waals surface area contributed by atoms with E-state index in [1.54, 1.807) is 18.1 Å². The van der Waals surface area contributed by atoms with Crippen molar-refractivity contribution in [3.8, 4) is 17.0 Å². The number of ether oxygens (including phenoxy) is 1. The molecule has 190 valence electrons. The van der Waals surface area contributed by atoms with Gasteiger partial charge in [-0.05, 0) is 51.4 Å². The maximum Gasteiger partial charge on any atom is 0.213 e. The van der Waals surface area contributed by atoms with Crippen LogP contribution in [-0.2, 0) is 4.79 Å². The van der Waals surface area contributed by atoms with Gasteiger partial charge in [-0.3, -0.25) is 9.78 Å². The maximum absolute atomic E-state index is 11.6. The fraction of sp³-hybridized carbons (Fsp3) is 0.464. The average molecular weight is 489 g/mol. The lowest BCUT2D eigenvalue weighted by atomic mass is 10.00. The standard InChI is InChI=1S/C28H36N6O2/c1-20-16-31-27-22(9-10-23-26(27)28(33(20)3)24(18-29-23)32(2)19-35)21-8-11-25(30-17-21)36-15-7-14-34-12-5-4-6-13-34/h8-11,17-20,31H,4-7,12-16H2,1-3H3. The zero-order valence-electron chi connectivity index (χ0n) is 21.5. The second-order valence-corrected chi connectivity index (χ2v) is 9.92. The number of anilines is 3. The molecule has 0 spiro atoms. The van der Waals surface area contributed by atoms with Gasteiger partial charge in [-0.2, -0.15) is 0 Å². The number of aromatic nitrogens is 2. The highest BCUT2D eigenvalue weighted by Gasteiger charge is 2.26. The minimum absolute atomic E-state index is 0.230. The summed E-state index contributed by atoms with van der Waals surface area (Å²) in [5, 5.41) is 4.67. The molecule has 0 saturated carbocycles. The summed E-state index contributed by atoms with van der Waals surface area (Å²) in [5.41, 5.74) is 5.78. The van der Waals surface area contributed by atoms with Crippen molar-refractivity contribution in [2.75, 3.05) is 62.0 Å². The summed E-state index contributed by atoms with van der Waals surface area (Å²) >= 11 is 0. The van der Waals surface area contributed by atoms with E-state index in [2.05, 4.69) is 51.2 Å². The van der Waals surface area contributed by atoms with Crippen LogP contribution >= 0.6 is 0 Å². The summed E-state index contributed by atoms with van der Waals surface area (Å²) in [6.07, 6.45) is 9.50. The summed E-state index contributed by atoms with van der Waals surface area (Å²) in [4.78, 5) is 27.2. The number of carbonyl (C=O) groups is 1. The Balaban J connectivity index is 1.40. The molecule has 2 aromatic heterocycles. The van der Waals surface area contributed by atoms with Gasteiger partial charge >= 0.3 is 0 Å². The molecular weight excluding hydrogens is 452 g/mol. The van der Waals surface area contributed by atoms with E-state index >= 15 is 0 Å². The molecular formula is C28H36N6O2. The van der Waals surface area contributed by atoms with Crippen LogP contribution in [0.5, 0.6) is 5.88 Å². The Hall–Kier alpha value is -3.39. The van der Waals surface area contributed by atoms with Gasteiger partial charge in [0.15, 0.2) is 0 Å². The Morgan fingerprint density at radius 3 is 2.72 bits per heavy atom. The second kappa shape index (κ2) is 10.7. The number of rotatable bonds is 8. The summed E-state index contributed by atoms with van der Waals surface area (Å²) in [6.45, 7) is 7.15. The first-order chi connectivity index (χ1) is 17.6. The van der Waals surface area contributed by atoms with Crippen LogP contribution in [0.25, 0.3) is 22.0 Å². The normalized spacial score (nSPS) is 18.0. The zero-order chi connectivity index (χ0) is 25.1. The molecule has 1 amide bonds. The van der Waals surface area contributed by atoms with Crippen LogP contribution < -0.4 is 19.9 Å². The minimum atomic E-state index is 0.230. The third kappa shape index (κ3) is 4.82. The summed E-state index contributed by atoms with van der Waals surface area (Å²) in [5.74, 6) is 0.655. The molecule has 36 heavy (non-hydrogen) atoms. The largest absolute Gasteiger partial charge is 0.478 e.